The summed E-state index contributed by atoms with van der Waals surface area (Å²) in [5.41, 5.74) is 0. The smallest absolute Gasteiger partial charge is 0.161 e. The van der Waals surface area contributed by atoms with Gasteiger partial charge in [0.25, 0.3) is 0 Å². The second kappa shape index (κ2) is 8.59. The molecule has 0 saturated carbocycles. The minimum Gasteiger partial charge on any atom is -0.489 e. The third-order valence-corrected chi connectivity index (χ3v) is 2.60. The molecule has 0 saturated heterocycles. The van der Waals surface area contributed by atoms with Crippen LogP contribution in [0.3, 0.4) is 0 Å². The first-order chi connectivity index (χ1) is 9.13. The molecule has 0 aliphatic rings. The Kier molecular flexibility index (Phi) is 7.04. The molecule has 0 heterocycles. The quantitative estimate of drug-likeness (QED) is 0.694. The predicted octanol–water partition coefficient (Wildman–Crippen LogP) is 3.26. The highest BCUT2D eigenvalue weighted by atomic mass is 16.5. The van der Waals surface area contributed by atoms with Gasteiger partial charge in [-0.2, -0.15) is 0 Å². The molecule has 0 fully saturated rings. The van der Waals surface area contributed by atoms with Gasteiger partial charge in [0.2, 0.25) is 0 Å². The monoisotopic (exact) mass is 263 g/mol. The normalized spacial score (nSPS) is 12.2. The maximum absolute atomic E-state index is 5.83. The number of ether oxygens (including phenoxy) is 2. The highest BCUT2D eigenvalue weighted by Gasteiger charge is 2.07. The molecular weight excluding hydrogens is 238 g/mol. The number of rotatable bonds is 9. The summed E-state index contributed by atoms with van der Waals surface area (Å²) in [5, 5.41) is 3.41. The van der Waals surface area contributed by atoms with E-state index in [9.17, 15) is 0 Å². The van der Waals surface area contributed by atoms with Crippen LogP contribution in [0.1, 0.15) is 20.8 Å². The van der Waals surface area contributed by atoms with E-state index in [4.69, 9.17) is 9.47 Å². The molecule has 106 valence electrons. The molecule has 3 nitrogen and oxygen atoms in total. The Morgan fingerprint density at radius 3 is 2.37 bits per heavy atom. The second-order valence-corrected chi connectivity index (χ2v) is 5.03. The summed E-state index contributed by atoms with van der Waals surface area (Å²) in [6, 6.07) is 8.24. The maximum atomic E-state index is 5.83. The molecule has 3 heteroatoms. The topological polar surface area (TPSA) is 30.5 Å². The van der Waals surface area contributed by atoms with Crippen molar-refractivity contribution >= 4 is 0 Å². The zero-order valence-corrected chi connectivity index (χ0v) is 12.2. The van der Waals surface area contributed by atoms with E-state index in [1.54, 1.807) is 6.08 Å². The fraction of sp³-hybridized carbons (Fsp3) is 0.500. The standard InChI is InChI=1S/C16H25NO2/c1-5-10-18-15-8-6-7-9-16(15)19-12-14(4)11-17-13(2)3/h5-9,13-14,17H,1,10-12H2,2-4H3/t14-/m1/s1. The summed E-state index contributed by atoms with van der Waals surface area (Å²) < 4.78 is 11.4. The molecule has 0 aliphatic carbocycles. The van der Waals surface area contributed by atoms with Gasteiger partial charge in [-0.05, 0) is 12.1 Å². The lowest BCUT2D eigenvalue weighted by Gasteiger charge is -2.17. The first-order valence-electron chi connectivity index (χ1n) is 6.82. The molecular formula is C16H25NO2. The molecule has 19 heavy (non-hydrogen) atoms. The van der Waals surface area contributed by atoms with E-state index >= 15 is 0 Å². The van der Waals surface area contributed by atoms with Crippen molar-refractivity contribution in [2.75, 3.05) is 19.8 Å². The average Bonchev–Trinajstić information content (AvgIpc) is 2.41. The van der Waals surface area contributed by atoms with Crippen LogP contribution in [0.15, 0.2) is 36.9 Å². The number of hydrogen-bond acceptors (Lipinski definition) is 3. The van der Waals surface area contributed by atoms with Crippen LogP contribution in [0.4, 0.5) is 0 Å². The molecule has 1 aromatic rings. The number of hydrogen-bond donors (Lipinski definition) is 1. The van der Waals surface area contributed by atoms with Crippen molar-refractivity contribution in [2.24, 2.45) is 5.92 Å². The van der Waals surface area contributed by atoms with E-state index in [2.05, 4.69) is 32.7 Å². The third-order valence-electron chi connectivity index (χ3n) is 2.60. The summed E-state index contributed by atoms with van der Waals surface area (Å²) >= 11 is 0. The van der Waals surface area contributed by atoms with Crippen molar-refractivity contribution in [3.8, 4) is 11.5 Å². The van der Waals surface area contributed by atoms with Gasteiger partial charge in [0, 0.05) is 18.5 Å². The van der Waals surface area contributed by atoms with Crippen LogP contribution < -0.4 is 14.8 Å². The van der Waals surface area contributed by atoms with Gasteiger partial charge in [-0.1, -0.05) is 45.6 Å². The van der Waals surface area contributed by atoms with E-state index in [-0.39, 0.29) is 0 Å². The largest absolute Gasteiger partial charge is 0.489 e. The third kappa shape index (κ3) is 6.30. The van der Waals surface area contributed by atoms with E-state index in [1.165, 1.54) is 0 Å². The summed E-state index contributed by atoms with van der Waals surface area (Å²) in [6.45, 7) is 12.2. The molecule has 0 spiro atoms. The van der Waals surface area contributed by atoms with Crippen LogP contribution in [0.5, 0.6) is 11.5 Å². The molecule has 1 rings (SSSR count). The zero-order valence-electron chi connectivity index (χ0n) is 12.2. The van der Waals surface area contributed by atoms with Gasteiger partial charge in [-0.15, -0.1) is 0 Å². The van der Waals surface area contributed by atoms with E-state index < -0.39 is 0 Å². The number of nitrogens with one attached hydrogen (secondary N) is 1. The van der Waals surface area contributed by atoms with Gasteiger partial charge in [-0.3, -0.25) is 0 Å². The Bertz CT molecular complexity index is 377. The van der Waals surface area contributed by atoms with Crippen molar-refractivity contribution < 1.29 is 9.47 Å². The average molecular weight is 263 g/mol. The fourth-order valence-electron chi connectivity index (χ4n) is 1.57. The van der Waals surface area contributed by atoms with Crippen molar-refractivity contribution in [3.63, 3.8) is 0 Å². The molecule has 0 radical (unpaired) electrons. The van der Waals surface area contributed by atoms with Gasteiger partial charge in [0.1, 0.15) is 6.61 Å². The van der Waals surface area contributed by atoms with Crippen molar-refractivity contribution in [1.82, 2.24) is 5.32 Å². The highest BCUT2D eigenvalue weighted by Crippen LogP contribution is 2.26. The van der Waals surface area contributed by atoms with Gasteiger partial charge in [0.05, 0.1) is 6.61 Å². The van der Waals surface area contributed by atoms with Gasteiger partial charge >= 0.3 is 0 Å². The molecule has 0 amide bonds. The zero-order chi connectivity index (χ0) is 14.1. The molecule has 1 aromatic carbocycles. The highest BCUT2D eigenvalue weighted by molar-refractivity contribution is 5.39. The molecule has 1 N–H and O–H groups in total. The van der Waals surface area contributed by atoms with Gasteiger partial charge < -0.3 is 14.8 Å². The van der Waals surface area contributed by atoms with Gasteiger partial charge in [0.15, 0.2) is 11.5 Å². The molecule has 1 atom stereocenters. The second-order valence-electron chi connectivity index (χ2n) is 5.03. The van der Waals surface area contributed by atoms with Crippen molar-refractivity contribution in [2.45, 2.75) is 26.8 Å². The minimum absolute atomic E-state index is 0.454. The Balaban J connectivity index is 2.45. The first kappa shape index (κ1) is 15.6. The van der Waals surface area contributed by atoms with Crippen LogP contribution in [-0.2, 0) is 0 Å². The van der Waals surface area contributed by atoms with Crippen molar-refractivity contribution in [3.05, 3.63) is 36.9 Å². The SMILES string of the molecule is C=CCOc1ccccc1OC[C@H](C)CNC(C)C. The van der Waals surface area contributed by atoms with Gasteiger partial charge in [-0.25, -0.2) is 0 Å². The van der Waals surface area contributed by atoms with Crippen molar-refractivity contribution in [1.29, 1.82) is 0 Å². The Hall–Kier alpha value is -1.48. The summed E-state index contributed by atoms with van der Waals surface area (Å²) in [6.07, 6.45) is 1.73. The number of benzene rings is 1. The van der Waals surface area contributed by atoms with Crippen LogP contribution in [-0.4, -0.2) is 25.8 Å². The lowest BCUT2D eigenvalue weighted by atomic mass is 10.2. The van der Waals surface area contributed by atoms with Crippen LogP contribution in [0.2, 0.25) is 0 Å². The Labute approximate surface area is 116 Å². The molecule has 0 aliphatic heterocycles. The van der Waals surface area contributed by atoms with E-state index in [0.29, 0.717) is 25.2 Å². The Morgan fingerprint density at radius 2 is 1.79 bits per heavy atom. The fourth-order valence-corrected chi connectivity index (χ4v) is 1.57. The van der Waals surface area contributed by atoms with Crippen LogP contribution >= 0.6 is 0 Å². The lowest BCUT2D eigenvalue weighted by Crippen LogP contribution is -2.30. The summed E-state index contributed by atoms with van der Waals surface area (Å²) in [7, 11) is 0. The Morgan fingerprint density at radius 1 is 1.16 bits per heavy atom. The lowest BCUT2D eigenvalue weighted by molar-refractivity contribution is 0.238. The molecule has 0 bridgehead atoms. The summed E-state index contributed by atoms with van der Waals surface area (Å²) in [5.74, 6) is 2.02. The predicted molar refractivity (Wildman–Crippen MR) is 79.9 cm³/mol. The first-order valence-corrected chi connectivity index (χ1v) is 6.82. The maximum Gasteiger partial charge on any atom is 0.161 e. The van der Waals surface area contributed by atoms with Crippen LogP contribution in [0, 0.1) is 5.92 Å². The minimum atomic E-state index is 0.454. The van der Waals surface area contributed by atoms with E-state index in [0.717, 1.165) is 18.0 Å². The van der Waals surface area contributed by atoms with E-state index in [1.807, 2.05) is 24.3 Å². The number of para-hydroxylation sites is 2. The van der Waals surface area contributed by atoms with Crippen LogP contribution in [0.25, 0.3) is 0 Å². The summed E-state index contributed by atoms with van der Waals surface area (Å²) in [4.78, 5) is 0. The molecule has 0 aromatic heterocycles. The molecule has 0 unspecified atom stereocenters.